The van der Waals surface area contributed by atoms with Gasteiger partial charge in [-0.05, 0) is 96.0 Å². The van der Waals surface area contributed by atoms with E-state index in [0.717, 1.165) is 37.1 Å². The van der Waals surface area contributed by atoms with E-state index in [4.69, 9.17) is 9.47 Å². The Morgan fingerprint density at radius 2 is 1.71 bits per heavy atom. The number of esters is 1. The lowest BCUT2D eigenvalue weighted by atomic mass is 9.49. The summed E-state index contributed by atoms with van der Waals surface area (Å²) in [5.41, 5.74) is 2.15. The Kier molecular flexibility index (Phi) is 6.58. The Balaban J connectivity index is 1.23. The highest BCUT2D eigenvalue weighted by molar-refractivity contribution is 5.99. The van der Waals surface area contributed by atoms with Gasteiger partial charge in [0.25, 0.3) is 0 Å². The summed E-state index contributed by atoms with van der Waals surface area (Å²) in [6, 6.07) is 1.40. The number of aryl methyl sites for hydroxylation is 1. The average Bonchev–Trinajstić information content (AvgIpc) is 3.40. The maximum Gasteiger partial charge on any atom is 0.329 e. The first kappa shape index (κ1) is 24.5. The van der Waals surface area contributed by atoms with Crippen molar-refractivity contribution in [2.75, 3.05) is 26.9 Å². The lowest BCUT2D eigenvalue weighted by molar-refractivity contribution is -0.165. The van der Waals surface area contributed by atoms with E-state index >= 15 is 0 Å². The zero-order valence-corrected chi connectivity index (χ0v) is 21.7. The summed E-state index contributed by atoms with van der Waals surface area (Å²) in [6.45, 7) is 6.80. The number of rotatable bonds is 8. The lowest BCUT2D eigenvalue weighted by Crippen LogP contribution is -2.56. The number of aromatic nitrogens is 1. The fraction of sp³-hybridized carbons (Fsp3) is 0.750. The highest BCUT2D eigenvalue weighted by Crippen LogP contribution is 2.60. The van der Waals surface area contributed by atoms with Gasteiger partial charge in [-0.15, -0.1) is 0 Å². The number of carbonyl (C=O) groups excluding carboxylic acids is 3. The summed E-state index contributed by atoms with van der Waals surface area (Å²) in [4.78, 5) is 41.7. The molecule has 6 rings (SSSR count). The third-order valence-corrected chi connectivity index (χ3v) is 9.26. The van der Waals surface area contributed by atoms with E-state index in [9.17, 15) is 14.4 Å². The second-order valence-electron chi connectivity index (χ2n) is 11.8. The molecule has 7 heteroatoms. The van der Waals surface area contributed by atoms with Crippen LogP contribution >= 0.6 is 0 Å². The minimum atomic E-state index is -0.558. The first-order valence-corrected chi connectivity index (χ1v) is 13.4. The predicted molar refractivity (Wildman–Crippen MR) is 131 cm³/mol. The third kappa shape index (κ3) is 4.34. The molecule has 1 aliphatic heterocycles. The fourth-order valence-electron chi connectivity index (χ4n) is 8.30. The number of methoxy groups -OCH3 is 1. The molecule has 1 saturated heterocycles. The molecular formula is C28H40N2O5. The summed E-state index contributed by atoms with van der Waals surface area (Å²) >= 11 is 0. The Labute approximate surface area is 208 Å². The van der Waals surface area contributed by atoms with Crippen molar-refractivity contribution >= 4 is 17.7 Å². The molecule has 192 valence electrons. The summed E-state index contributed by atoms with van der Waals surface area (Å²) in [7, 11) is 1.66. The highest BCUT2D eigenvalue weighted by atomic mass is 16.5. The zero-order valence-electron chi connectivity index (χ0n) is 21.7. The van der Waals surface area contributed by atoms with Crippen LogP contribution in [0.3, 0.4) is 0 Å². The molecule has 1 aromatic heterocycles. The molecule has 0 N–H and O–H groups in total. The molecule has 2 heterocycles. The Morgan fingerprint density at radius 3 is 2.31 bits per heavy atom. The minimum absolute atomic E-state index is 0.103. The first-order valence-electron chi connectivity index (χ1n) is 13.4. The standard InChI is InChI=1S/C28H40N2O5/c1-17-8-23(19(3)30(17)18(2)15-34-4)25(31)16-35-26(32)24-6-5-7-29(24)27(33)28-12-20-9-21(13-28)11-22(10-20)14-28/h8,18,20-22,24H,5-7,9-16H2,1-4H3/t18-,20?,21?,22?,24+,28?/m1/s1. The number of ketones is 1. The van der Waals surface area contributed by atoms with E-state index in [1.165, 1.54) is 19.3 Å². The molecule has 7 nitrogen and oxygen atoms in total. The molecule has 1 aromatic rings. The van der Waals surface area contributed by atoms with Crippen molar-refractivity contribution in [3.05, 3.63) is 23.0 Å². The monoisotopic (exact) mass is 484 g/mol. The third-order valence-electron chi connectivity index (χ3n) is 9.26. The van der Waals surface area contributed by atoms with E-state index in [1.54, 1.807) is 12.0 Å². The molecule has 4 bridgehead atoms. The van der Waals surface area contributed by atoms with Gasteiger partial charge in [-0.25, -0.2) is 4.79 Å². The average molecular weight is 485 g/mol. The molecule has 0 unspecified atom stereocenters. The van der Waals surface area contributed by atoms with Gasteiger partial charge in [0.2, 0.25) is 11.7 Å². The smallest absolute Gasteiger partial charge is 0.329 e. The van der Waals surface area contributed by atoms with Crippen molar-refractivity contribution in [3.63, 3.8) is 0 Å². The van der Waals surface area contributed by atoms with Gasteiger partial charge < -0.3 is 18.9 Å². The van der Waals surface area contributed by atoms with Crippen molar-refractivity contribution < 1.29 is 23.9 Å². The van der Waals surface area contributed by atoms with E-state index in [-0.39, 0.29) is 29.8 Å². The number of likely N-dealkylation sites (tertiary alicyclic amines) is 1. The summed E-state index contributed by atoms with van der Waals surface area (Å²) in [5.74, 6) is 1.58. The van der Waals surface area contributed by atoms with Gasteiger partial charge in [0, 0.05) is 30.6 Å². The summed E-state index contributed by atoms with van der Waals surface area (Å²) in [5, 5.41) is 0. The van der Waals surface area contributed by atoms with Gasteiger partial charge >= 0.3 is 5.97 Å². The predicted octanol–water partition coefficient (Wildman–Crippen LogP) is 4.25. The number of nitrogens with zero attached hydrogens (tertiary/aromatic N) is 2. The maximum atomic E-state index is 13.8. The minimum Gasteiger partial charge on any atom is -0.456 e. The Bertz CT molecular complexity index is 976. The van der Waals surface area contributed by atoms with Gasteiger partial charge in [0.1, 0.15) is 6.04 Å². The van der Waals surface area contributed by atoms with E-state index < -0.39 is 12.0 Å². The molecule has 5 fully saturated rings. The molecule has 0 spiro atoms. The van der Waals surface area contributed by atoms with Gasteiger partial charge in [0.15, 0.2) is 6.61 Å². The van der Waals surface area contributed by atoms with Crippen LogP contribution in [-0.4, -0.2) is 60.0 Å². The molecular weight excluding hydrogens is 444 g/mol. The molecule has 2 atom stereocenters. The van der Waals surface area contributed by atoms with Crippen LogP contribution in [0.25, 0.3) is 0 Å². The van der Waals surface area contributed by atoms with Gasteiger partial charge in [-0.3, -0.25) is 9.59 Å². The van der Waals surface area contributed by atoms with Gasteiger partial charge in [0.05, 0.1) is 18.1 Å². The number of ether oxygens (including phenoxy) is 2. The van der Waals surface area contributed by atoms with Gasteiger partial charge in [-0.1, -0.05) is 0 Å². The largest absolute Gasteiger partial charge is 0.456 e. The highest BCUT2D eigenvalue weighted by Gasteiger charge is 2.57. The van der Waals surface area contributed by atoms with E-state index in [2.05, 4.69) is 4.57 Å². The zero-order chi connectivity index (χ0) is 24.9. The van der Waals surface area contributed by atoms with Crippen molar-refractivity contribution in [3.8, 4) is 0 Å². The van der Waals surface area contributed by atoms with Crippen LogP contribution in [0.4, 0.5) is 0 Å². The van der Waals surface area contributed by atoms with E-state index in [1.807, 2.05) is 26.8 Å². The normalized spacial score (nSPS) is 32.2. The summed E-state index contributed by atoms with van der Waals surface area (Å²) in [6.07, 6.45) is 8.25. The first-order chi connectivity index (χ1) is 16.7. The lowest BCUT2D eigenvalue weighted by Gasteiger charge is -2.56. The van der Waals surface area contributed by atoms with Crippen molar-refractivity contribution in [2.45, 2.75) is 84.2 Å². The molecule has 0 aromatic carbocycles. The molecule has 35 heavy (non-hydrogen) atoms. The number of hydrogen-bond acceptors (Lipinski definition) is 5. The fourth-order valence-corrected chi connectivity index (χ4v) is 8.30. The summed E-state index contributed by atoms with van der Waals surface area (Å²) < 4.78 is 12.9. The molecule has 4 aliphatic carbocycles. The Hall–Kier alpha value is -2.15. The number of Topliss-reactive ketones (excluding diaryl/α,β-unsaturated/α-hetero) is 1. The molecule has 0 radical (unpaired) electrons. The van der Waals surface area contributed by atoms with Crippen LogP contribution in [0, 0.1) is 37.0 Å². The second-order valence-corrected chi connectivity index (χ2v) is 11.8. The van der Waals surface area contributed by atoms with Crippen molar-refractivity contribution in [2.24, 2.45) is 23.2 Å². The molecule has 1 amide bonds. The SMILES string of the molecule is COC[C@@H](C)n1c(C)cc(C(=O)COC(=O)[C@@H]2CCCN2C(=O)C23CC4CC(CC(C4)C2)C3)c1C. The molecule has 4 saturated carbocycles. The maximum absolute atomic E-state index is 13.8. The Morgan fingerprint density at radius 1 is 1.09 bits per heavy atom. The van der Waals surface area contributed by atoms with E-state index in [0.29, 0.717) is 42.9 Å². The number of amides is 1. The van der Waals surface area contributed by atoms with Crippen LogP contribution < -0.4 is 0 Å². The molecule has 5 aliphatic rings. The van der Waals surface area contributed by atoms with Crippen LogP contribution in [-0.2, 0) is 19.1 Å². The van der Waals surface area contributed by atoms with Crippen LogP contribution in [0.2, 0.25) is 0 Å². The van der Waals surface area contributed by atoms with Crippen LogP contribution in [0.5, 0.6) is 0 Å². The number of hydrogen-bond donors (Lipinski definition) is 0. The quantitative estimate of drug-likeness (QED) is 0.407. The van der Waals surface area contributed by atoms with Crippen molar-refractivity contribution in [1.29, 1.82) is 0 Å². The van der Waals surface area contributed by atoms with Crippen molar-refractivity contribution in [1.82, 2.24) is 9.47 Å². The number of carbonyl (C=O) groups is 3. The second kappa shape index (κ2) is 9.38. The van der Waals surface area contributed by atoms with Crippen LogP contribution in [0.15, 0.2) is 6.07 Å². The topological polar surface area (TPSA) is 77.8 Å². The van der Waals surface area contributed by atoms with Gasteiger partial charge in [-0.2, -0.15) is 0 Å². The van der Waals surface area contributed by atoms with Crippen LogP contribution in [0.1, 0.15) is 86.1 Å².